The molecule has 3 heterocycles. The maximum atomic E-state index is 13.7. The summed E-state index contributed by atoms with van der Waals surface area (Å²) in [6.45, 7) is 0. The standard InChI is InChI=1S/C16H10FN3O2S/c17-12-7-10-3-1-5-18-14(10)11(8-12)9-23-16-20-19-15(22-16)13-4-2-6-21-13/h1-8H,9H2. The first-order valence-corrected chi connectivity index (χ1v) is 7.81. The van der Waals surface area contributed by atoms with Crippen LogP contribution in [0.2, 0.25) is 0 Å². The Bertz CT molecular complexity index is 953. The molecule has 0 aliphatic rings. The average molecular weight is 327 g/mol. The Morgan fingerprint density at radius 1 is 1.13 bits per heavy atom. The molecule has 7 heteroatoms. The summed E-state index contributed by atoms with van der Waals surface area (Å²) < 4.78 is 24.4. The van der Waals surface area contributed by atoms with Crippen molar-refractivity contribution in [1.29, 1.82) is 0 Å². The van der Waals surface area contributed by atoms with E-state index < -0.39 is 0 Å². The molecular formula is C16H10FN3O2S. The van der Waals surface area contributed by atoms with E-state index in [2.05, 4.69) is 15.2 Å². The zero-order valence-electron chi connectivity index (χ0n) is 11.8. The third kappa shape index (κ3) is 2.83. The zero-order valence-corrected chi connectivity index (χ0v) is 12.6. The number of pyridine rings is 1. The number of halogens is 1. The normalized spacial score (nSPS) is 11.2. The van der Waals surface area contributed by atoms with E-state index in [0.717, 1.165) is 16.5 Å². The Morgan fingerprint density at radius 2 is 2.09 bits per heavy atom. The van der Waals surface area contributed by atoms with Gasteiger partial charge in [0.15, 0.2) is 5.76 Å². The van der Waals surface area contributed by atoms with Crippen LogP contribution in [0.25, 0.3) is 22.6 Å². The van der Waals surface area contributed by atoms with Crippen molar-refractivity contribution in [2.75, 3.05) is 0 Å². The molecule has 3 aromatic heterocycles. The fraction of sp³-hybridized carbons (Fsp3) is 0.0625. The first-order valence-electron chi connectivity index (χ1n) is 6.83. The van der Waals surface area contributed by atoms with Crippen LogP contribution < -0.4 is 0 Å². The number of benzene rings is 1. The molecule has 0 unspecified atom stereocenters. The highest BCUT2D eigenvalue weighted by Crippen LogP contribution is 2.28. The molecule has 23 heavy (non-hydrogen) atoms. The lowest BCUT2D eigenvalue weighted by molar-refractivity contribution is 0.447. The van der Waals surface area contributed by atoms with E-state index in [1.54, 1.807) is 24.4 Å². The highest BCUT2D eigenvalue weighted by molar-refractivity contribution is 7.98. The van der Waals surface area contributed by atoms with Crippen molar-refractivity contribution in [2.24, 2.45) is 0 Å². The predicted octanol–water partition coefficient (Wildman–Crippen LogP) is 4.31. The van der Waals surface area contributed by atoms with Gasteiger partial charge in [0.25, 0.3) is 11.1 Å². The van der Waals surface area contributed by atoms with Gasteiger partial charge in [-0.1, -0.05) is 17.8 Å². The van der Waals surface area contributed by atoms with Gasteiger partial charge in [-0.25, -0.2) is 4.39 Å². The van der Waals surface area contributed by atoms with Crippen LogP contribution in [-0.4, -0.2) is 15.2 Å². The molecule has 0 amide bonds. The Kier molecular flexibility index (Phi) is 3.55. The van der Waals surface area contributed by atoms with Gasteiger partial charge < -0.3 is 8.83 Å². The summed E-state index contributed by atoms with van der Waals surface area (Å²) in [5.74, 6) is 1.02. The van der Waals surface area contributed by atoms with Gasteiger partial charge in [-0.05, 0) is 35.9 Å². The van der Waals surface area contributed by atoms with Gasteiger partial charge in [-0.3, -0.25) is 4.98 Å². The lowest BCUT2D eigenvalue weighted by Crippen LogP contribution is -1.89. The minimum absolute atomic E-state index is 0.289. The van der Waals surface area contributed by atoms with Crippen LogP contribution in [0.3, 0.4) is 0 Å². The topological polar surface area (TPSA) is 65.0 Å². The number of aromatic nitrogens is 3. The molecule has 0 N–H and O–H groups in total. The molecule has 4 rings (SSSR count). The minimum atomic E-state index is -0.289. The van der Waals surface area contributed by atoms with E-state index in [4.69, 9.17) is 8.83 Å². The third-order valence-corrected chi connectivity index (χ3v) is 4.11. The van der Waals surface area contributed by atoms with Crippen LogP contribution in [0.15, 0.2) is 62.9 Å². The maximum Gasteiger partial charge on any atom is 0.284 e. The van der Waals surface area contributed by atoms with E-state index in [-0.39, 0.29) is 5.82 Å². The van der Waals surface area contributed by atoms with E-state index in [9.17, 15) is 4.39 Å². The molecule has 0 spiro atoms. The fourth-order valence-electron chi connectivity index (χ4n) is 2.24. The highest BCUT2D eigenvalue weighted by Gasteiger charge is 2.12. The van der Waals surface area contributed by atoms with Crippen LogP contribution in [0.4, 0.5) is 4.39 Å². The van der Waals surface area contributed by atoms with Crippen molar-refractivity contribution in [1.82, 2.24) is 15.2 Å². The zero-order chi connectivity index (χ0) is 15.6. The average Bonchev–Trinajstić information content (AvgIpc) is 3.23. The summed E-state index contributed by atoms with van der Waals surface area (Å²) >= 11 is 1.33. The third-order valence-electron chi connectivity index (χ3n) is 3.24. The highest BCUT2D eigenvalue weighted by atomic mass is 32.2. The molecule has 5 nitrogen and oxygen atoms in total. The molecule has 0 saturated carbocycles. The summed E-state index contributed by atoms with van der Waals surface area (Å²) in [7, 11) is 0. The number of thioether (sulfide) groups is 1. The van der Waals surface area contributed by atoms with Crippen molar-refractivity contribution >= 4 is 22.7 Å². The fourth-order valence-corrected chi connectivity index (χ4v) is 2.98. The summed E-state index contributed by atoms with van der Waals surface area (Å²) in [4.78, 5) is 4.32. The predicted molar refractivity (Wildman–Crippen MR) is 83.3 cm³/mol. The Hall–Kier alpha value is -2.67. The first-order chi connectivity index (χ1) is 11.3. The lowest BCUT2D eigenvalue weighted by atomic mass is 10.1. The second-order valence-electron chi connectivity index (χ2n) is 4.78. The molecule has 0 aliphatic heterocycles. The quantitative estimate of drug-likeness (QED) is 0.520. The molecular weight excluding hydrogens is 317 g/mol. The van der Waals surface area contributed by atoms with Gasteiger partial charge in [0, 0.05) is 17.3 Å². The number of nitrogens with zero attached hydrogens (tertiary/aromatic N) is 3. The molecule has 0 saturated heterocycles. The Labute approximate surface area is 134 Å². The van der Waals surface area contributed by atoms with Crippen LogP contribution >= 0.6 is 11.8 Å². The number of rotatable bonds is 4. The number of furan rings is 1. The molecule has 114 valence electrons. The van der Waals surface area contributed by atoms with Crippen molar-refractivity contribution in [3.05, 3.63) is 60.2 Å². The van der Waals surface area contributed by atoms with Gasteiger partial charge in [-0.2, -0.15) is 0 Å². The SMILES string of the molecule is Fc1cc(CSc2nnc(-c3ccco3)o2)c2ncccc2c1. The van der Waals surface area contributed by atoms with Gasteiger partial charge in [0.05, 0.1) is 11.8 Å². The Balaban J connectivity index is 1.58. The van der Waals surface area contributed by atoms with Crippen LogP contribution in [0, 0.1) is 5.82 Å². The van der Waals surface area contributed by atoms with Crippen molar-refractivity contribution in [3.63, 3.8) is 0 Å². The molecule has 0 aliphatic carbocycles. The largest absolute Gasteiger partial charge is 0.459 e. The summed E-state index contributed by atoms with van der Waals surface area (Å²) in [6, 6.07) is 10.1. The van der Waals surface area contributed by atoms with E-state index in [1.165, 1.54) is 30.2 Å². The minimum Gasteiger partial charge on any atom is -0.459 e. The second-order valence-corrected chi connectivity index (χ2v) is 5.71. The monoisotopic (exact) mass is 327 g/mol. The van der Waals surface area contributed by atoms with Gasteiger partial charge in [0.1, 0.15) is 5.82 Å². The van der Waals surface area contributed by atoms with Crippen LogP contribution in [0.5, 0.6) is 0 Å². The van der Waals surface area contributed by atoms with Crippen molar-refractivity contribution in [2.45, 2.75) is 11.0 Å². The number of fused-ring (bicyclic) bond motifs is 1. The van der Waals surface area contributed by atoms with Crippen molar-refractivity contribution < 1.29 is 13.2 Å². The van der Waals surface area contributed by atoms with Crippen LogP contribution in [-0.2, 0) is 5.75 Å². The maximum absolute atomic E-state index is 13.7. The van der Waals surface area contributed by atoms with Gasteiger partial charge >= 0.3 is 0 Å². The smallest absolute Gasteiger partial charge is 0.284 e. The van der Waals surface area contributed by atoms with Gasteiger partial charge in [-0.15, -0.1) is 10.2 Å². The Morgan fingerprint density at radius 3 is 2.96 bits per heavy atom. The molecule has 1 aromatic carbocycles. The van der Waals surface area contributed by atoms with Crippen molar-refractivity contribution in [3.8, 4) is 11.7 Å². The molecule has 0 bridgehead atoms. The van der Waals surface area contributed by atoms with E-state index in [1.807, 2.05) is 6.07 Å². The van der Waals surface area contributed by atoms with E-state index in [0.29, 0.717) is 22.6 Å². The van der Waals surface area contributed by atoms with E-state index >= 15 is 0 Å². The second kappa shape index (κ2) is 5.85. The van der Waals surface area contributed by atoms with Crippen LogP contribution in [0.1, 0.15) is 5.56 Å². The molecule has 0 radical (unpaired) electrons. The number of hydrogen-bond donors (Lipinski definition) is 0. The summed E-state index contributed by atoms with van der Waals surface area (Å²) in [5, 5.41) is 9.05. The molecule has 0 fully saturated rings. The summed E-state index contributed by atoms with van der Waals surface area (Å²) in [6.07, 6.45) is 3.23. The first kappa shape index (κ1) is 14.0. The molecule has 0 atom stereocenters. The van der Waals surface area contributed by atoms with Gasteiger partial charge in [0.2, 0.25) is 0 Å². The molecule has 4 aromatic rings. The lowest BCUT2D eigenvalue weighted by Gasteiger charge is -2.04. The summed E-state index contributed by atoms with van der Waals surface area (Å²) in [5.41, 5.74) is 1.55. The number of hydrogen-bond acceptors (Lipinski definition) is 6.